The average Bonchev–Trinajstić information content (AvgIpc) is 2.19. The fraction of sp³-hybridized carbons (Fsp3) is 0.455. The maximum absolute atomic E-state index is 11.0. The Kier molecular flexibility index (Phi) is 4.65. The Balaban J connectivity index is 2.64. The van der Waals surface area contributed by atoms with E-state index in [4.69, 9.17) is 17.3 Å². The van der Waals surface area contributed by atoms with Crippen molar-refractivity contribution in [2.45, 2.75) is 6.42 Å². The van der Waals surface area contributed by atoms with Crippen molar-refractivity contribution in [2.24, 2.45) is 0 Å². The van der Waals surface area contributed by atoms with Gasteiger partial charge in [0.1, 0.15) is 9.84 Å². The highest BCUT2D eigenvalue weighted by atomic mass is 35.5. The Morgan fingerprint density at radius 1 is 1.41 bits per heavy atom. The zero-order valence-corrected chi connectivity index (χ0v) is 11.6. The van der Waals surface area contributed by atoms with Crippen LogP contribution in [-0.2, 0) is 9.84 Å². The molecule has 0 aliphatic heterocycles. The first-order valence-corrected chi connectivity index (χ1v) is 7.67. The van der Waals surface area contributed by atoms with Crippen LogP contribution in [0.25, 0.3) is 0 Å². The zero-order chi connectivity index (χ0) is 13.1. The van der Waals surface area contributed by atoms with E-state index in [1.807, 2.05) is 11.9 Å². The van der Waals surface area contributed by atoms with Crippen molar-refractivity contribution in [3.63, 3.8) is 0 Å². The molecule has 0 spiro atoms. The molecule has 2 N–H and O–H groups in total. The van der Waals surface area contributed by atoms with Crippen LogP contribution < -0.4 is 10.6 Å². The minimum atomic E-state index is -2.90. The summed E-state index contributed by atoms with van der Waals surface area (Å²) in [7, 11) is -1.04. The number of nitrogens with two attached hydrogens (primary N) is 1. The molecule has 0 saturated carbocycles. The summed E-state index contributed by atoms with van der Waals surface area (Å²) in [6.45, 7) is 0.623. The molecule has 17 heavy (non-hydrogen) atoms. The van der Waals surface area contributed by atoms with E-state index in [0.717, 1.165) is 5.69 Å². The molecule has 1 aromatic carbocycles. The lowest BCUT2D eigenvalue weighted by Crippen LogP contribution is -2.21. The van der Waals surface area contributed by atoms with E-state index in [1.165, 1.54) is 6.26 Å². The molecule has 0 saturated heterocycles. The van der Waals surface area contributed by atoms with Crippen LogP contribution in [-0.4, -0.2) is 34.0 Å². The second kappa shape index (κ2) is 5.60. The Labute approximate surface area is 107 Å². The average molecular weight is 277 g/mol. The van der Waals surface area contributed by atoms with Crippen LogP contribution in [0.4, 0.5) is 11.4 Å². The molecule has 0 bridgehead atoms. The predicted octanol–water partition coefficient (Wildman–Crippen LogP) is 1.79. The van der Waals surface area contributed by atoms with Crippen molar-refractivity contribution >= 4 is 32.8 Å². The van der Waals surface area contributed by atoms with Crippen molar-refractivity contribution in [1.82, 2.24) is 0 Å². The van der Waals surface area contributed by atoms with Crippen molar-refractivity contribution in [2.75, 3.05) is 36.2 Å². The molecule has 4 nitrogen and oxygen atoms in total. The lowest BCUT2D eigenvalue weighted by atomic mass is 10.2. The van der Waals surface area contributed by atoms with Gasteiger partial charge in [-0.25, -0.2) is 8.42 Å². The van der Waals surface area contributed by atoms with Gasteiger partial charge in [0.05, 0.1) is 17.1 Å². The molecular weight excluding hydrogens is 260 g/mol. The van der Waals surface area contributed by atoms with E-state index in [0.29, 0.717) is 23.7 Å². The van der Waals surface area contributed by atoms with Gasteiger partial charge >= 0.3 is 0 Å². The van der Waals surface area contributed by atoms with Gasteiger partial charge < -0.3 is 10.6 Å². The number of hydrogen-bond donors (Lipinski definition) is 1. The van der Waals surface area contributed by atoms with Crippen LogP contribution in [0.1, 0.15) is 6.42 Å². The number of benzene rings is 1. The first kappa shape index (κ1) is 14.1. The van der Waals surface area contributed by atoms with Crippen LogP contribution in [0.15, 0.2) is 18.2 Å². The Morgan fingerprint density at radius 2 is 2.06 bits per heavy atom. The minimum Gasteiger partial charge on any atom is -0.397 e. The summed E-state index contributed by atoms with van der Waals surface area (Å²) in [5.41, 5.74) is 7.29. The number of sulfone groups is 1. The van der Waals surface area contributed by atoms with Crippen LogP contribution in [0.3, 0.4) is 0 Å². The van der Waals surface area contributed by atoms with Gasteiger partial charge in [0.15, 0.2) is 0 Å². The van der Waals surface area contributed by atoms with Crippen molar-refractivity contribution in [3.05, 3.63) is 23.2 Å². The Morgan fingerprint density at radius 3 is 2.65 bits per heavy atom. The molecule has 0 atom stereocenters. The van der Waals surface area contributed by atoms with Crippen LogP contribution in [0, 0.1) is 0 Å². The monoisotopic (exact) mass is 276 g/mol. The molecule has 0 aliphatic carbocycles. The third-order valence-corrected chi connectivity index (χ3v) is 3.68. The molecule has 0 fully saturated rings. The smallest absolute Gasteiger partial charge is 0.147 e. The van der Waals surface area contributed by atoms with Gasteiger partial charge in [-0.3, -0.25) is 0 Å². The zero-order valence-electron chi connectivity index (χ0n) is 9.98. The van der Waals surface area contributed by atoms with E-state index in [-0.39, 0.29) is 5.75 Å². The van der Waals surface area contributed by atoms with Crippen LogP contribution in [0.2, 0.25) is 5.02 Å². The molecule has 96 valence electrons. The lowest BCUT2D eigenvalue weighted by Gasteiger charge is -2.21. The van der Waals surface area contributed by atoms with Gasteiger partial charge in [-0.15, -0.1) is 0 Å². The fourth-order valence-corrected chi connectivity index (χ4v) is 2.35. The summed E-state index contributed by atoms with van der Waals surface area (Å²) in [5, 5.41) is 0.615. The number of nitrogen functional groups attached to an aromatic ring is 1. The highest BCUT2D eigenvalue weighted by Crippen LogP contribution is 2.25. The van der Waals surface area contributed by atoms with Crippen molar-refractivity contribution in [3.8, 4) is 0 Å². The summed E-state index contributed by atoms with van der Waals surface area (Å²) in [4.78, 5) is 1.91. The molecule has 6 heteroatoms. The quantitative estimate of drug-likeness (QED) is 0.833. The van der Waals surface area contributed by atoms with Gasteiger partial charge in [-0.2, -0.15) is 0 Å². The summed E-state index contributed by atoms with van der Waals surface area (Å²) >= 11 is 5.89. The normalized spacial score (nSPS) is 11.5. The second-order valence-corrected chi connectivity index (χ2v) is 6.80. The molecule has 0 aliphatic rings. The van der Waals surface area contributed by atoms with E-state index in [1.54, 1.807) is 18.2 Å². The second-order valence-electron chi connectivity index (χ2n) is 4.11. The number of halogens is 1. The third kappa shape index (κ3) is 4.83. The van der Waals surface area contributed by atoms with Crippen LogP contribution >= 0.6 is 11.6 Å². The number of anilines is 2. The molecule has 0 heterocycles. The maximum Gasteiger partial charge on any atom is 0.147 e. The lowest BCUT2D eigenvalue weighted by molar-refractivity contribution is 0.599. The highest BCUT2D eigenvalue weighted by molar-refractivity contribution is 7.90. The summed E-state index contributed by atoms with van der Waals surface area (Å²) in [5.74, 6) is 0.178. The topological polar surface area (TPSA) is 63.4 Å². The fourth-order valence-electron chi connectivity index (χ4n) is 1.53. The first-order chi connectivity index (χ1) is 7.79. The Bertz CT molecular complexity index is 488. The largest absolute Gasteiger partial charge is 0.397 e. The minimum absolute atomic E-state index is 0.178. The van der Waals surface area contributed by atoms with Crippen molar-refractivity contribution in [1.29, 1.82) is 0 Å². The molecule has 1 aromatic rings. The van der Waals surface area contributed by atoms with Gasteiger partial charge in [0, 0.05) is 24.9 Å². The summed E-state index contributed by atoms with van der Waals surface area (Å²) in [6.07, 6.45) is 1.81. The maximum atomic E-state index is 11.0. The summed E-state index contributed by atoms with van der Waals surface area (Å²) in [6, 6.07) is 5.24. The molecule has 0 unspecified atom stereocenters. The predicted molar refractivity (Wildman–Crippen MR) is 73.5 cm³/mol. The number of hydrogen-bond acceptors (Lipinski definition) is 4. The number of nitrogens with zero attached hydrogens (tertiary/aromatic N) is 1. The standard InChI is InChI=1S/C11H17ClN2O2S/c1-14(6-3-7-17(2,15)16)11-8-9(12)4-5-10(11)13/h4-5,8H,3,6-7,13H2,1-2H3. The SMILES string of the molecule is CN(CCCS(C)(=O)=O)c1cc(Cl)ccc1N. The van der Waals surface area contributed by atoms with Gasteiger partial charge in [-0.05, 0) is 24.6 Å². The van der Waals surface area contributed by atoms with E-state index in [2.05, 4.69) is 0 Å². The third-order valence-electron chi connectivity index (χ3n) is 2.41. The number of rotatable bonds is 5. The first-order valence-electron chi connectivity index (χ1n) is 5.23. The molecule has 1 rings (SSSR count). The van der Waals surface area contributed by atoms with Crippen molar-refractivity contribution < 1.29 is 8.42 Å². The van der Waals surface area contributed by atoms with E-state index < -0.39 is 9.84 Å². The highest BCUT2D eigenvalue weighted by Gasteiger charge is 2.08. The Hall–Kier alpha value is -0.940. The molecule has 0 amide bonds. The van der Waals surface area contributed by atoms with E-state index in [9.17, 15) is 8.42 Å². The van der Waals surface area contributed by atoms with Gasteiger partial charge in [0.25, 0.3) is 0 Å². The van der Waals surface area contributed by atoms with Gasteiger partial charge in [-0.1, -0.05) is 11.6 Å². The summed E-state index contributed by atoms with van der Waals surface area (Å²) < 4.78 is 22.0. The van der Waals surface area contributed by atoms with Gasteiger partial charge in [0.2, 0.25) is 0 Å². The van der Waals surface area contributed by atoms with E-state index >= 15 is 0 Å². The molecular formula is C11H17ClN2O2S. The molecule has 0 radical (unpaired) electrons. The van der Waals surface area contributed by atoms with Crippen LogP contribution in [0.5, 0.6) is 0 Å². The molecule has 0 aromatic heterocycles.